The summed E-state index contributed by atoms with van der Waals surface area (Å²) in [4.78, 5) is 15.7. The molecule has 0 saturated heterocycles. The minimum Gasteiger partial charge on any atom is -0.238 e. The molecule has 32 heavy (non-hydrogen) atoms. The third-order valence-corrected chi connectivity index (χ3v) is 10.0. The number of thiophene rings is 2. The van der Waals surface area contributed by atoms with Gasteiger partial charge in [-0.3, -0.25) is 0 Å². The van der Waals surface area contributed by atoms with Crippen molar-refractivity contribution in [1.29, 1.82) is 0 Å². The van der Waals surface area contributed by atoms with E-state index in [-0.39, 0.29) is 0 Å². The van der Waals surface area contributed by atoms with Gasteiger partial charge >= 0.3 is 0 Å². The standard InChI is InChI=1S/C26H32N2S4/c1-3-5-7-9-13-19-23(21-15-11-17-29-21)31-25(27-19)26-28-20(14-10-8-6-4-2)24(32-26)22-16-12-18-30-22/h11-12,15-18H,3-10,13-14H2,1-2H3. The molecule has 4 heterocycles. The van der Waals surface area contributed by atoms with Crippen LogP contribution in [0.25, 0.3) is 29.5 Å². The Balaban J connectivity index is 1.63. The van der Waals surface area contributed by atoms with Crippen molar-refractivity contribution in [2.24, 2.45) is 0 Å². The molecule has 2 nitrogen and oxygen atoms in total. The zero-order valence-corrected chi connectivity index (χ0v) is 22.3. The predicted molar refractivity (Wildman–Crippen MR) is 146 cm³/mol. The Morgan fingerprint density at radius 3 is 1.47 bits per heavy atom. The minimum atomic E-state index is 1.07. The fourth-order valence-corrected chi connectivity index (χ4v) is 7.86. The Labute approximate surface area is 208 Å². The van der Waals surface area contributed by atoms with Gasteiger partial charge in [-0.15, -0.1) is 45.3 Å². The normalized spacial score (nSPS) is 11.4. The van der Waals surface area contributed by atoms with Gasteiger partial charge in [-0.1, -0.05) is 64.5 Å². The first-order valence-electron chi connectivity index (χ1n) is 11.9. The van der Waals surface area contributed by atoms with Crippen molar-refractivity contribution in [2.45, 2.75) is 78.1 Å². The van der Waals surface area contributed by atoms with Gasteiger partial charge < -0.3 is 0 Å². The first-order chi connectivity index (χ1) is 15.8. The average molecular weight is 501 g/mol. The van der Waals surface area contributed by atoms with E-state index in [0.29, 0.717) is 0 Å². The molecule has 170 valence electrons. The van der Waals surface area contributed by atoms with Crippen LogP contribution in [0.2, 0.25) is 0 Å². The number of thiazole rings is 2. The molecular formula is C26H32N2S4. The van der Waals surface area contributed by atoms with Gasteiger partial charge in [0.1, 0.15) is 0 Å². The lowest BCUT2D eigenvalue weighted by molar-refractivity contribution is 0.662. The molecule has 0 aliphatic heterocycles. The highest BCUT2D eigenvalue weighted by Crippen LogP contribution is 2.43. The zero-order chi connectivity index (χ0) is 22.2. The highest BCUT2D eigenvalue weighted by atomic mass is 32.1. The lowest BCUT2D eigenvalue weighted by Crippen LogP contribution is -1.90. The molecule has 0 saturated carbocycles. The second-order valence-corrected chi connectivity index (χ2v) is 12.1. The van der Waals surface area contributed by atoms with E-state index in [1.165, 1.54) is 82.3 Å². The number of hydrogen-bond acceptors (Lipinski definition) is 6. The second-order valence-electron chi connectivity index (χ2n) is 8.17. The molecule has 6 heteroatoms. The maximum absolute atomic E-state index is 5.16. The zero-order valence-electron chi connectivity index (χ0n) is 19.1. The third-order valence-electron chi connectivity index (χ3n) is 5.60. The first kappa shape index (κ1) is 23.8. The van der Waals surface area contributed by atoms with Crippen molar-refractivity contribution in [3.63, 3.8) is 0 Å². The van der Waals surface area contributed by atoms with E-state index in [2.05, 4.69) is 48.9 Å². The van der Waals surface area contributed by atoms with Crippen molar-refractivity contribution >= 4 is 45.3 Å². The quantitative estimate of drug-likeness (QED) is 0.171. The molecule has 0 radical (unpaired) electrons. The molecular weight excluding hydrogens is 469 g/mol. The number of rotatable bonds is 13. The number of hydrogen-bond donors (Lipinski definition) is 0. The van der Waals surface area contributed by atoms with Crippen LogP contribution in [0.1, 0.15) is 76.6 Å². The Kier molecular flexibility index (Phi) is 9.09. The van der Waals surface area contributed by atoms with Crippen LogP contribution in [0, 0.1) is 0 Å². The first-order valence-corrected chi connectivity index (χ1v) is 15.3. The SMILES string of the molecule is CCCCCCc1nc(-c2nc(CCCCCC)c(-c3cccs3)s2)sc1-c1cccs1. The van der Waals surface area contributed by atoms with Crippen LogP contribution in [0.3, 0.4) is 0 Å². The number of unbranched alkanes of at least 4 members (excludes halogenated alkanes) is 6. The fraction of sp³-hybridized carbons (Fsp3) is 0.462. The Bertz CT molecular complexity index is 971. The van der Waals surface area contributed by atoms with Crippen molar-refractivity contribution in [1.82, 2.24) is 9.97 Å². The van der Waals surface area contributed by atoms with Gasteiger partial charge in [0.2, 0.25) is 0 Å². The van der Waals surface area contributed by atoms with Crippen LogP contribution in [0.15, 0.2) is 35.0 Å². The Hall–Kier alpha value is -1.34. The van der Waals surface area contributed by atoms with Crippen LogP contribution < -0.4 is 0 Å². The summed E-state index contributed by atoms with van der Waals surface area (Å²) in [6.45, 7) is 4.54. The summed E-state index contributed by atoms with van der Waals surface area (Å²) in [7, 11) is 0. The van der Waals surface area contributed by atoms with Crippen molar-refractivity contribution in [2.75, 3.05) is 0 Å². The minimum absolute atomic E-state index is 1.07. The van der Waals surface area contributed by atoms with E-state index >= 15 is 0 Å². The van der Waals surface area contributed by atoms with Gasteiger partial charge in [0.15, 0.2) is 10.0 Å². The van der Waals surface area contributed by atoms with Crippen LogP contribution in [0.4, 0.5) is 0 Å². The van der Waals surface area contributed by atoms with Gasteiger partial charge in [0.05, 0.1) is 21.1 Å². The summed E-state index contributed by atoms with van der Waals surface area (Å²) < 4.78 is 0. The molecule has 0 aliphatic carbocycles. The van der Waals surface area contributed by atoms with Crippen LogP contribution in [-0.4, -0.2) is 9.97 Å². The molecule has 0 fully saturated rings. The highest BCUT2D eigenvalue weighted by Gasteiger charge is 2.20. The van der Waals surface area contributed by atoms with Gasteiger partial charge in [0.25, 0.3) is 0 Å². The molecule has 4 aromatic rings. The van der Waals surface area contributed by atoms with Crippen molar-refractivity contribution < 1.29 is 0 Å². The average Bonchev–Trinajstić information content (AvgIpc) is 3.60. The number of aromatic nitrogens is 2. The monoisotopic (exact) mass is 500 g/mol. The molecule has 0 aliphatic rings. The molecule has 0 amide bonds. The molecule has 0 N–H and O–H groups in total. The Morgan fingerprint density at radius 2 is 1.09 bits per heavy atom. The summed E-state index contributed by atoms with van der Waals surface area (Å²) in [6.07, 6.45) is 12.3. The summed E-state index contributed by atoms with van der Waals surface area (Å²) in [5.74, 6) is 0. The summed E-state index contributed by atoms with van der Waals surface area (Å²) in [5.41, 5.74) is 2.53. The topological polar surface area (TPSA) is 25.8 Å². The van der Waals surface area contributed by atoms with E-state index < -0.39 is 0 Å². The number of aryl methyl sites for hydroxylation is 2. The van der Waals surface area contributed by atoms with Gasteiger partial charge in [-0.25, -0.2) is 9.97 Å². The molecule has 0 aromatic carbocycles. The van der Waals surface area contributed by atoms with E-state index in [0.717, 1.165) is 22.9 Å². The van der Waals surface area contributed by atoms with E-state index in [1.807, 2.05) is 45.3 Å². The fourth-order valence-electron chi connectivity index (χ4n) is 3.86. The van der Waals surface area contributed by atoms with Crippen molar-refractivity contribution in [3.05, 3.63) is 46.4 Å². The van der Waals surface area contributed by atoms with Crippen molar-refractivity contribution in [3.8, 4) is 29.5 Å². The molecule has 4 aromatic heterocycles. The molecule has 0 spiro atoms. The lowest BCUT2D eigenvalue weighted by atomic mass is 10.1. The second kappa shape index (κ2) is 12.2. The predicted octanol–water partition coefficient (Wildman–Crippen LogP) is 9.97. The van der Waals surface area contributed by atoms with Gasteiger partial charge in [0, 0.05) is 9.75 Å². The van der Waals surface area contributed by atoms with E-state index in [1.54, 1.807) is 0 Å². The van der Waals surface area contributed by atoms with Crippen LogP contribution >= 0.6 is 45.3 Å². The van der Waals surface area contributed by atoms with E-state index in [9.17, 15) is 0 Å². The highest BCUT2D eigenvalue weighted by molar-refractivity contribution is 7.27. The maximum atomic E-state index is 5.16. The summed E-state index contributed by atoms with van der Waals surface area (Å²) >= 11 is 7.31. The van der Waals surface area contributed by atoms with Gasteiger partial charge in [-0.05, 0) is 48.6 Å². The maximum Gasteiger partial charge on any atom is 0.153 e. The summed E-state index contributed by atoms with van der Waals surface area (Å²) in [5, 5.41) is 6.54. The molecule has 0 unspecified atom stereocenters. The largest absolute Gasteiger partial charge is 0.238 e. The van der Waals surface area contributed by atoms with Crippen LogP contribution in [-0.2, 0) is 12.8 Å². The summed E-state index contributed by atoms with van der Waals surface area (Å²) in [6, 6.07) is 8.76. The lowest BCUT2D eigenvalue weighted by Gasteiger charge is -2.00. The Morgan fingerprint density at radius 1 is 0.625 bits per heavy atom. The third kappa shape index (κ3) is 5.96. The molecule has 0 atom stereocenters. The molecule has 4 rings (SSSR count). The molecule has 0 bridgehead atoms. The van der Waals surface area contributed by atoms with Gasteiger partial charge in [-0.2, -0.15) is 0 Å². The number of nitrogens with zero attached hydrogens (tertiary/aromatic N) is 2. The van der Waals surface area contributed by atoms with Crippen LogP contribution in [0.5, 0.6) is 0 Å². The van der Waals surface area contributed by atoms with E-state index in [4.69, 9.17) is 9.97 Å². The smallest absolute Gasteiger partial charge is 0.153 e.